The summed E-state index contributed by atoms with van der Waals surface area (Å²) in [6, 6.07) is 7.06. The summed E-state index contributed by atoms with van der Waals surface area (Å²) in [6.07, 6.45) is -3.63. The van der Waals surface area contributed by atoms with Crippen molar-refractivity contribution < 1.29 is 22.7 Å². The fraction of sp³-hybridized carbons (Fsp3) is 0.412. The van der Waals surface area contributed by atoms with Gasteiger partial charge in [0.05, 0.1) is 18.7 Å². The van der Waals surface area contributed by atoms with Crippen LogP contribution in [0.1, 0.15) is 27.7 Å². The van der Waals surface area contributed by atoms with Crippen molar-refractivity contribution in [1.82, 2.24) is 20.0 Å². The summed E-state index contributed by atoms with van der Waals surface area (Å²) in [4.78, 5) is 14.2. The maximum absolute atomic E-state index is 13.0. The number of aromatic nitrogens is 2. The van der Waals surface area contributed by atoms with E-state index >= 15 is 0 Å². The first kappa shape index (κ1) is 19.8. The van der Waals surface area contributed by atoms with Crippen LogP contribution in [0.3, 0.4) is 0 Å². The van der Waals surface area contributed by atoms with E-state index in [1.54, 1.807) is 13.2 Å². The zero-order valence-corrected chi connectivity index (χ0v) is 15.0. The third-order valence-corrected chi connectivity index (χ3v) is 3.90. The van der Waals surface area contributed by atoms with Gasteiger partial charge in [-0.3, -0.25) is 9.48 Å². The van der Waals surface area contributed by atoms with E-state index in [1.807, 2.05) is 37.2 Å². The fourth-order valence-electron chi connectivity index (χ4n) is 2.60. The highest BCUT2D eigenvalue weighted by Gasteiger charge is 2.39. The van der Waals surface area contributed by atoms with E-state index in [1.165, 1.54) is 7.05 Å². The van der Waals surface area contributed by atoms with Crippen LogP contribution in [0.2, 0.25) is 0 Å². The predicted octanol–water partition coefficient (Wildman–Crippen LogP) is 2.48. The van der Waals surface area contributed by atoms with Gasteiger partial charge < -0.3 is 15.0 Å². The van der Waals surface area contributed by atoms with Gasteiger partial charge in [0, 0.05) is 19.8 Å². The van der Waals surface area contributed by atoms with E-state index < -0.39 is 23.3 Å². The van der Waals surface area contributed by atoms with Gasteiger partial charge in [-0.25, -0.2) is 0 Å². The standard InChI is InChI=1S/C17H21F3N4O2/c1-23(2)14(11-6-5-7-12(8-11)26-4)9-21-16(25)13-10-24(3)22-15(13)17(18,19)20/h5-8,10,14H,9H2,1-4H3,(H,21,25). The molecule has 0 radical (unpaired) electrons. The summed E-state index contributed by atoms with van der Waals surface area (Å²) in [7, 11) is 6.53. The molecule has 1 heterocycles. The topological polar surface area (TPSA) is 59.4 Å². The monoisotopic (exact) mass is 370 g/mol. The highest BCUT2D eigenvalue weighted by atomic mass is 19.4. The van der Waals surface area contributed by atoms with Gasteiger partial charge in [-0.15, -0.1) is 0 Å². The molecule has 1 N–H and O–H groups in total. The van der Waals surface area contributed by atoms with Gasteiger partial charge in [-0.05, 0) is 31.8 Å². The second kappa shape index (κ2) is 7.77. The van der Waals surface area contributed by atoms with E-state index in [0.717, 1.165) is 16.4 Å². The van der Waals surface area contributed by atoms with E-state index in [2.05, 4.69) is 10.4 Å². The van der Waals surface area contributed by atoms with Crippen molar-refractivity contribution in [3.05, 3.63) is 47.3 Å². The lowest BCUT2D eigenvalue weighted by Gasteiger charge is -2.25. The molecule has 0 spiro atoms. The number of likely N-dealkylation sites (N-methyl/N-ethyl adjacent to an activating group) is 1. The number of amides is 1. The van der Waals surface area contributed by atoms with Crippen molar-refractivity contribution in [2.24, 2.45) is 7.05 Å². The zero-order valence-electron chi connectivity index (χ0n) is 15.0. The minimum atomic E-state index is -4.69. The number of ether oxygens (including phenoxy) is 1. The lowest BCUT2D eigenvalue weighted by molar-refractivity contribution is -0.141. The zero-order chi connectivity index (χ0) is 19.5. The van der Waals surface area contributed by atoms with Gasteiger partial charge in [0.1, 0.15) is 5.75 Å². The molecule has 6 nitrogen and oxygen atoms in total. The van der Waals surface area contributed by atoms with Crippen LogP contribution < -0.4 is 10.1 Å². The summed E-state index contributed by atoms with van der Waals surface area (Å²) in [5.41, 5.74) is -0.819. The van der Waals surface area contributed by atoms with Gasteiger partial charge in [0.2, 0.25) is 0 Å². The molecule has 1 aromatic heterocycles. The Labute approximate surface area is 149 Å². The van der Waals surface area contributed by atoms with Crippen molar-refractivity contribution in [3.8, 4) is 5.75 Å². The maximum atomic E-state index is 13.0. The number of rotatable bonds is 6. The molecular weight excluding hydrogens is 349 g/mol. The van der Waals surface area contributed by atoms with Crippen molar-refractivity contribution >= 4 is 5.91 Å². The summed E-state index contributed by atoms with van der Waals surface area (Å²) in [5.74, 6) is -0.160. The van der Waals surface area contributed by atoms with Crippen molar-refractivity contribution in [3.63, 3.8) is 0 Å². The van der Waals surface area contributed by atoms with Crippen LogP contribution in [-0.4, -0.2) is 48.3 Å². The Bertz CT molecular complexity index is 772. The van der Waals surface area contributed by atoms with Gasteiger partial charge >= 0.3 is 6.18 Å². The minimum Gasteiger partial charge on any atom is -0.497 e. The highest BCUT2D eigenvalue weighted by Crippen LogP contribution is 2.30. The quantitative estimate of drug-likeness (QED) is 0.849. The Morgan fingerprint density at radius 2 is 2.08 bits per heavy atom. The number of hydrogen-bond donors (Lipinski definition) is 1. The SMILES string of the molecule is COc1cccc(C(CNC(=O)c2cn(C)nc2C(F)(F)F)N(C)C)c1. The molecule has 1 aromatic carbocycles. The van der Waals surface area contributed by atoms with Crippen molar-refractivity contribution in [2.45, 2.75) is 12.2 Å². The van der Waals surface area contributed by atoms with E-state index in [9.17, 15) is 18.0 Å². The summed E-state index contributed by atoms with van der Waals surface area (Å²) in [5, 5.41) is 5.92. The molecule has 0 saturated carbocycles. The van der Waals surface area contributed by atoms with Crippen LogP contribution in [0.4, 0.5) is 13.2 Å². The fourth-order valence-corrected chi connectivity index (χ4v) is 2.60. The molecule has 26 heavy (non-hydrogen) atoms. The van der Waals surface area contributed by atoms with Crippen LogP contribution in [0.5, 0.6) is 5.75 Å². The second-order valence-corrected chi connectivity index (χ2v) is 6.03. The Hall–Kier alpha value is -2.55. The van der Waals surface area contributed by atoms with Crippen LogP contribution in [0, 0.1) is 0 Å². The minimum absolute atomic E-state index is 0.130. The lowest BCUT2D eigenvalue weighted by atomic mass is 10.1. The molecule has 2 rings (SSSR count). The molecule has 1 atom stereocenters. The average molecular weight is 370 g/mol. The number of halogens is 3. The molecule has 0 aliphatic carbocycles. The van der Waals surface area contributed by atoms with Gasteiger partial charge in [0.25, 0.3) is 5.91 Å². The van der Waals surface area contributed by atoms with Gasteiger partial charge in [0.15, 0.2) is 5.69 Å². The largest absolute Gasteiger partial charge is 0.497 e. The number of hydrogen-bond acceptors (Lipinski definition) is 4. The first-order chi connectivity index (χ1) is 12.1. The molecule has 1 unspecified atom stereocenters. The summed E-state index contributed by atoms with van der Waals surface area (Å²) < 4.78 is 45.2. The first-order valence-corrected chi connectivity index (χ1v) is 7.83. The lowest BCUT2D eigenvalue weighted by Crippen LogP contribution is -2.35. The number of nitrogens with one attached hydrogen (secondary N) is 1. The Morgan fingerprint density at radius 1 is 1.38 bits per heavy atom. The van der Waals surface area contributed by atoms with Gasteiger partial charge in [-0.1, -0.05) is 12.1 Å². The van der Waals surface area contributed by atoms with Crippen molar-refractivity contribution in [1.29, 1.82) is 0 Å². The number of carbonyl (C=O) groups excluding carboxylic acids is 1. The smallest absolute Gasteiger partial charge is 0.435 e. The Morgan fingerprint density at radius 3 is 2.65 bits per heavy atom. The molecule has 2 aromatic rings. The van der Waals surface area contributed by atoms with Crippen LogP contribution in [-0.2, 0) is 13.2 Å². The Balaban J connectivity index is 2.18. The molecule has 0 saturated heterocycles. The number of carbonyl (C=O) groups is 1. The molecule has 0 aliphatic heterocycles. The average Bonchev–Trinajstić information content (AvgIpc) is 2.97. The normalized spacial score (nSPS) is 12.9. The molecule has 0 fully saturated rings. The molecule has 142 valence electrons. The second-order valence-electron chi connectivity index (χ2n) is 6.03. The predicted molar refractivity (Wildman–Crippen MR) is 90.0 cm³/mol. The molecule has 9 heteroatoms. The highest BCUT2D eigenvalue weighted by molar-refractivity contribution is 5.95. The van der Waals surface area contributed by atoms with E-state index in [-0.39, 0.29) is 12.6 Å². The van der Waals surface area contributed by atoms with Crippen LogP contribution in [0.25, 0.3) is 0 Å². The van der Waals surface area contributed by atoms with E-state index in [4.69, 9.17) is 4.74 Å². The molecule has 0 aliphatic rings. The molecular formula is C17H21F3N4O2. The number of methoxy groups -OCH3 is 1. The summed E-state index contributed by atoms with van der Waals surface area (Å²) >= 11 is 0. The van der Waals surface area contributed by atoms with Crippen LogP contribution in [0.15, 0.2) is 30.5 Å². The number of benzene rings is 1. The van der Waals surface area contributed by atoms with E-state index in [0.29, 0.717) is 5.75 Å². The van der Waals surface area contributed by atoms with Crippen molar-refractivity contribution in [2.75, 3.05) is 27.7 Å². The first-order valence-electron chi connectivity index (χ1n) is 7.83. The van der Waals surface area contributed by atoms with Gasteiger partial charge in [-0.2, -0.15) is 18.3 Å². The third-order valence-electron chi connectivity index (χ3n) is 3.90. The molecule has 1 amide bonds. The number of nitrogens with zero attached hydrogens (tertiary/aromatic N) is 3. The number of alkyl halides is 3. The Kier molecular flexibility index (Phi) is 5.91. The maximum Gasteiger partial charge on any atom is 0.435 e. The third kappa shape index (κ3) is 4.54. The van der Waals surface area contributed by atoms with Crippen LogP contribution >= 0.6 is 0 Å². The number of aryl methyl sites for hydroxylation is 1. The summed E-state index contributed by atoms with van der Waals surface area (Å²) in [6.45, 7) is 0.130. The molecule has 0 bridgehead atoms.